The van der Waals surface area contributed by atoms with E-state index in [1.165, 1.54) is 18.9 Å². The lowest BCUT2D eigenvalue weighted by molar-refractivity contribution is -0.142. The molecule has 0 atom stereocenters. The molecule has 6 nitrogen and oxygen atoms in total. The van der Waals surface area contributed by atoms with Crippen LogP contribution in [0.1, 0.15) is 18.1 Å². The van der Waals surface area contributed by atoms with E-state index < -0.39 is 5.97 Å². The van der Waals surface area contributed by atoms with Gasteiger partial charge in [-0.25, -0.2) is 4.79 Å². The maximum atomic E-state index is 13.1. The number of carbonyl (C=O) groups excluding carboxylic acids is 2. The summed E-state index contributed by atoms with van der Waals surface area (Å²) in [4.78, 5) is 26.6. The van der Waals surface area contributed by atoms with Crippen LogP contribution in [0, 0.1) is 6.92 Å². The van der Waals surface area contributed by atoms with Gasteiger partial charge in [0.25, 0.3) is 5.91 Å². The summed E-state index contributed by atoms with van der Waals surface area (Å²) in [6, 6.07) is 11.2. The summed E-state index contributed by atoms with van der Waals surface area (Å²) in [5.41, 5.74) is 2.47. The molecular formula is C22H20BrNO5S2. The smallest absolute Gasteiger partial charge is 0.343 e. The number of thiocarbonyl (C=S) groups is 1. The van der Waals surface area contributed by atoms with Crippen molar-refractivity contribution >= 4 is 67.9 Å². The Balaban J connectivity index is 1.92. The van der Waals surface area contributed by atoms with Crippen LogP contribution in [0.2, 0.25) is 0 Å². The van der Waals surface area contributed by atoms with Crippen LogP contribution < -0.4 is 14.4 Å². The zero-order chi connectivity index (χ0) is 22.5. The summed E-state index contributed by atoms with van der Waals surface area (Å²) in [7, 11) is 1.29. The predicted octanol–water partition coefficient (Wildman–Crippen LogP) is 5.11. The Hall–Kier alpha value is -2.36. The lowest BCUT2D eigenvalue weighted by Crippen LogP contribution is -2.28. The van der Waals surface area contributed by atoms with Crippen LogP contribution in [0.4, 0.5) is 5.69 Å². The second-order valence-electron chi connectivity index (χ2n) is 6.43. The first-order valence-electron chi connectivity index (χ1n) is 9.35. The molecule has 1 heterocycles. The second kappa shape index (κ2) is 10.3. The standard InChI is InChI=1S/C22H20BrNO5S2/c1-4-28-17-10-14(9-15(23)20(17)29-12-19(25)27-3)11-18-21(26)24(22(30)31-18)16-8-6-5-7-13(16)2/h5-11H,4,12H2,1-3H3/b18-11-. The van der Waals surface area contributed by atoms with E-state index in [0.29, 0.717) is 31.8 Å². The summed E-state index contributed by atoms with van der Waals surface area (Å²) in [6.45, 7) is 3.94. The number of amides is 1. The van der Waals surface area contributed by atoms with Crippen molar-refractivity contribution in [3.8, 4) is 11.5 Å². The van der Waals surface area contributed by atoms with E-state index >= 15 is 0 Å². The summed E-state index contributed by atoms with van der Waals surface area (Å²) in [5.74, 6) is 0.154. The molecular weight excluding hydrogens is 502 g/mol. The van der Waals surface area contributed by atoms with Gasteiger partial charge in [0.2, 0.25) is 0 Å². The zero-order valence-corrected chi connectivity index (χ0v) is 20.4. The van der Waals surface area contributed by atoms with E-state index in [2.05, 4.69) is 20.7 Å². The molecule has 1 saturated heterocycles. The van der Waals surface area contributed by atoms with Crippen LogP contribution >= 0.6 is 39.9 Å². The molecule has 1 fully saturated rings. The number of hydrogen-bond donors (Lipinski definition) is 0. The zero-order valence-electron chi connectivity index (χ0n) is 17.1. The van der Waals surface area contributed by atoms with Gasteiger partial charge < -0.3 is 14.2 Å². The number of para-hydroxylation sites is 1. The van der Waals surface area contributed by atoms with Gasteiger partial charge in [0, 0.05) is 0 Å². The van der Waals surface area contributed by atoms with E-state index in [1.54, 1.807) is 23.1 Å². The maximum Gasteiger partial charge on any atom is 0.343 e. The number of thioether (sulfide) groups is 1. The number of nitrogens with zero attached hydrogens (tertiary/aromatic N) is 1. The van der Waals surface area contributed by atoms with Gasteiger partial charge in [-0.2, -0.15) is 0 Å². The second-order valence-corrected chi connectivity index (χ2v) is 8.96. The van der Waals surface area contributed by atoms with Gasteiger partial charge in [-0.3, -0.25) is 9.69 Å². The Bertz CT molecular complexity index is 1070. The van der Waals surface area contributed by atoms with Crippen molar-refractivity contribution < 1.29 is 23.8 Å². The number of esters is 1. The molecule has 0 spiro atoms. The fourth-order valence-electron chi connectivity index (χ4n) is 2.91. The number of aryl methyl sites for hydroxylation is 1. The first kappa shape index (κ1) is 23.3. The normalized spacial score (nSPS) is 14.8. The summed E-state index contributed by atoms with van der Waals surface area (Å²) < 4.78 is 16.9. The Morgan fingerprint density at radius 1 is 1.26 bits per heavy atom. The van der Waals surface area contributed by atoms with E-state index in [4.69, 9.17) is 21.7 Å². The topological polar surface area (TPSA) is 65.1 Å². The van der Waals surface area contributed by atoms with Crippen molar-refractivity contribution in [3.05, 3.63) is 56.9 Å². The highest BCUT2D eigenvalue weighted by Gasteiger charge is 2.34. The SMILES string of the molecule is CCOc1cc(/C=C2\SC(=S)N(c3ccccc3C)C2=O)cc(Br)c1OCC(=O)OC. The first-order chi connectivity index (χ1) is 14.8. The van der Waals surface area contributed by atoms with Gasteiger partial charge >= 0.3 is 5.97 Å². The van der Waals surface area contributed by atoms with E-state index in [9.17, 15) is 9.59 Å². The van der Waals surface area contributed by atoms with Gasteiger partial charge in [-0.1, -0.05) is 42.2 Å². The van der Waals surface area contributed by atoms with Crippen LogP contribution in [-0.2, 0) is 14.3 Å². The molecule has 0 bridgehead atoms. The molecule has 0 aliphatic carbocycles. The van der Waals surface area contributed by atoms with Crippen LogP contribution in [0.25, 0.3) is 6.08 Å². The van der Waals surface area contributed by atoms with Crippen LogP contribution in [0.3, 0.4) is 0 Å². The fraction of sp³-hybridized carbons (Fsp3) is 0.227. The number of halogens is 1. The van der Waals surface area contributed by atoms with Crippen molar-refractivity contribution in [3.63, 3.8) is 0 Å². The van der Waals surface area contributed by atoms with Crippen LogP contribution in [-0.4, -0.2) is 36.5 Å². The van der Waals surface area contributed by atoms with Crippen LogP contribution in [0.15, 0.2) is 45.8 Å². The van der Waals surface area contributed by atoms with E-state index in [-0.39, 0.29) is 12.5 Å². The minimum Gasteiger partial charge on any atom is -0.490 e. The molecule has 1 amide bonds. The highest BCUT2D eigenvalue weighted by molar-refractivity contribution is 9.10. The largest absolute Gasteiger partial charge is 0.490 e. The number of anilines is 1. The summed E-state index contributed by atoms with van der Waals surface area (Å²) in [5, 5.41) is 0. The molecule has 1 aliphatic rings. The minimum absolute atomic E-state index is 0.176. The maximum absolute atomic E-state index is 13.1. The van der Waals surface area contributed by atoms with Crippen molar-refractivity contribution in [1.82, 2.24) is 0 Å². The molecule has 0 N–H and O–H groups in total. The number of ether oxygens (including phenoxy) is 3. The average molecular weight is 522 g/mol. The number of benzene rings is 2. The number of carbonyl (C=O) groups is 2. The molecule has 2 aromatic carbocycles. The third-order valence-electron chi connectivity index (χ3n) is 4.34. The van der Waals surface area contributed by atoms with E-state index in [0.717, 1.165) is 16.8 Å². The Kier molecular flexibility index (Phi) is 7.74. The third-order valence-corrected chi connectivity index (χ3v) is 6.23. The number of rotatable bonds is 7. The van der Waals surface area contributed by atoms with Gasteiger partial charge in [-0.05, 0) is 65.2 Å². The molecule has 1 aliphatic heterocycles. The average Bonchev–Trinajstić information content (AvgIpc) is 3.00. The van der Waals surface area contributed by atoms with Crippen molar-refractivity contribution in [2.24, 2.45) is 0 Å². The quantitative estimate of drug-likeness (QED) is 0.284. The lowest BCUT2D eigenvalue weighted by atomic mass is 10.1. The molecule has 0 radical (unpaired) electrons. The Morgan fingerprint density at radius 2 is 2.00 bits per heavy atom. The molecule has 3 rings (SSSR count). The summed E-state index contributed by atoms with van der Waals surface area (Å²) in [6.07, 6.45) is 1.76. The van der Waals surface area contributed by atoms with Crippen molar-refractivity contribution in [2.75, 3.05) is 25.2 Å². The highest BCUT2D eigenvalue weighted by Crippen LogP contribution is 2.40. The molecule has 2 aromatic rings. The first-order valence-corrected chi connectivity index (χ1v) is 11.4. The summed E-state index contributed by atoms with van der Waals surface area (Å²) >= 11 is 10.2. The monoisotopic (exact) mass is 521 g/mol. The van der Waals surface area contributed by atoms with Crippen LogP contribution in [0.5, 0.6) is 11.5 Å². The third kappa shape index (κ3) is 5.28. The number of hydrogen-bond acceptors (Lipinski definition) is 7. The molecule has 162 valence electrons. The fourth-order valence-corrected chi connectivity index (χ4v) is 4.76. The van der Waals surface area contributed by atoms with Gasteiger partial charge in [0.1, 0.15) is 0 Å². The highest BCUT2D eigenvalue weighted by atomic mass is 79.9. The molecule has 0 aromatic heterocycles. The molecule has 9 heteroatoms. The number of methoxy groups -OCH3 is 1. The molecule has 0 unspecified atom stereocenters. The van der Waals surface area contributed by atoms with Gasteiger partial charge in [-0.15, -0.1) is 0 Å². The van der Waals surface area contributed by atoms with Crippen molar-refractivity contribution in [1.29, 1.82) is 0 Å². The van der Waals surface area contributed by atoms with E-state index in [1.807, 2.05) is 38.1 Å². The lowest BCUT2D eigenvalue weighted by Gasteiger charge is -2.16. The predicted molar refractivity (Wildman–Crippen MR) is 130 cm³/mol. The minimum atomic E-state index is -0.502. The Morgan fingerprint density at radius 3 is 2.68 bits per heavy atom. The Labute approximate surface area is 198 Å². The van der Waals surface area contributed by atoms with Gasteiger partial charge in [0.05, 0.1) is 28.8 Å². The molecule has 31 heavy (non-hydrogen) atoms. The van der Waals surface area contributed by atoms with Gasteiger partial charge in [0.15, 0.2) is 22.4 Å². The molecule has 0 saturated carbocycles. The van der Waals surface area contributed by atoms with Crippen molar-refractivity contribution in [2.45, 2.75) is 13.8 Å².